The summed E-state index contributed by atoms with van der Waals surface area (Å²) in [6, 6.07) is 0. The average Bonchev–Trinajstić information content (AvgIpc) is 3.19. The molecule has 6 atom stereocenters. The summed E-state index contributed by atoms with van der Waals surface area (Å²) in [5.74, 6) is 5.51. The van der Waals surface area contributed by atoms with Crippen LogP contribution in [0.1, 0.15) is 79.1 Å². The van der Waals surface area contributed by atoms with Gasteiger partial charge in [-0.3, -0.25) is 9.52 Å². The molecule has 0 radical (unpaired) electrons. The molecular formula is C24H39NO6S. The molecule has 3 N–H and O–H groups in total. The molecule has 2 rings (SSSR count). The Labute approximate surface area is 193 Å². The minimum atomic E-state index is -3.57. The zero-order valence-corrected chi connectivity index (χ0v) is 20.5. The molecule has 7 nitrogen and oxygen atoms in total. The van der Waals surface area contributed by atoms with Crippen LogP contribution in [0.4, 0.5) is 0 Å². The van der Waals surface area contributed by atoms with E-state index in [4.69, 9.17) is 4.74 Å². The van der Waals surface area contributed by atoms with E-state index in [-0.39, 0.29) is 30.5 Å². The highest BCUT2D eigenvalue weighted by atomic mass is 32.2. The van der Waals surface area contributed by atoms with E-state index >= 15 is 0 Å². The minimum Gasteiger partial charge on any atom is -0.392 e. The van der Waals surface area contributed by atoms with Crippen LogP contribution in [0, 0.1) is 23.7 Å². The lowest BCUT2D eigenvalue weighted by Gasteiger charge is -2.21. The van der Waals surface area contributed by atoms with Crippen LogP contribution in [0.3, 0.4) is 0 Å². The molecule has 2 aliphatic rings. The monoisotopic (exact) mass is 469 g/mol. The van der Waals surface area contributed by atoms with Crippen molar-refractivity contribution in [3.8, 4) is 11.8 Å². The van der Waals surface area contributed by atoms with Crippen molar-refractivity contribution in [3.05, 3.63) is 12.2 Å². The van der Waals surface area contributed by atoms with Gasteiger partial charge in [0.1, 0.15) is 0 Å². The van der Waals surface area contributed by atoms with Crippen LogP contribution in [0.15, 0.2) is 12.2 Å². The van der Waals surface area contributed by atoms with Gasteiger partial charge in [0.2, 0.25) is 15.9 Å². The van der Waals surface area contributed by atoms with Gasteiger partial charge in [0, 0.05) is 25.2 Å². The Morgan fingerprint density at radius 1 is 1.31 bits per heavy atom. The first kappa shape index (κ1) is 26.8. The molecule has 1 amide bonds. The number of aliphatic hydroxyl groups is 2. The smallest absolute Gasteiger partial charge is 0.237 e. The van der Waals surface area contributed by atoms with Gasteiger partial charge in [-0.05, 0) is 59.3 Å². The zero-order valence-electron chi connectivity index (χ0n) is 19.7. The van der Waals surface area contributed by atoms with Crippen LogP contribution in [0.5, 0.6) is 0 Å². The van der Waals surface area contributed by atoms with Crippen LogP contribution in [0.25, 0.3) is 0 Å². The quantitative estimate of drug-likeness (QED) is 0.244. The fraction of sp³-hybridized carbons (Fsp3) is 0.792. The number of unbranched alkanes of at least 4 members (excludes halogenated alkanes) is 1. The van der Waals surface area contributed by atoms with E-state index in [1.165, 1.54) is 13.8 Å². The van der Waals surface area contributed by atoms with Crippen LogP contribution < -0.4 is 4.72 Å². The van der Waals surface area contributed by atoms with Crippen molar-refractivity contribution in [2.24, 2.45) is 11.8 Å². The van der Waals surface area contributed by atoms with Crippen molar-refractivity contribution in [2.75, 3.05) is 0 Å². The first-order valence-electron chi connectivity index (χ1n) is 11.6. The van der Waals surface area contributed by atoms with Crippen LogP contribution in [-0.4, -0.2) is 53.7 Å². The Hall–Kier alpha value is -1.40. The maximum atomic E-state index is 11.8. The Bertz CT molecular complexity index is 823. The van der Waals surface area contributed by atoms with E-state index in [1.807, 2.05) is 6.08 Å². The third kappa shape index (κ3) is 7.87. The van der Waals surface area contributed by atoms with E-state index in [1.54, 1.807) is 19.9 Å². The standard InChI is InChI=1S/C24H39NO6S/c1-5-6-9-13-24(4,28)14-12-19-20-15-18(31-22(20)16-21(19)26)10-7-8-11-23(27)25-32(29,30)17(2)3/h12,14,17-22,26,28H,7-11,13,15-16H2,1-4H3,(H,25,27)/b14-12+/t18-,19-,20-,21-,22+,24?/m1/s1. The number of sulfonamides is 1. The van der Waals surface area contributed by atoms with E-state index in [9.17, 15) is 23.4 Å². The molecule has 0 bridgehead atoms. The predicted octanol–water partition coefficient (Wildman–Crippen LogP) is 2.67. The van der Waals surface area contributed by atoms with Crippen molar-refractivity contribution in [2.45, 2.75) is 108 Å². The molecule has 32 heavy (non-hydrogen) atoms. The molecule has 1 aliphatic carbocycles. The number of hydrogen-bond acceptors (Lipinski definition) is 6. The third-order valence-electron chi connectivity index (χ3n) is 6.46. The Kier molecular flexibility index (Phi) is 9.77. The number of carbonyl (C=O) groups is 1. The van der Waals surface area contributed by atoms with Crippen LogP contribution in [0.2, 0.25) is 0 Å². The molecule has 0 aromatic carbocycles. The number of carbonyl (C=O) groups excluding carboxylic acids is 1. The number of nitrogens with one attached hydrogen (secondary N) is 1. The van der Waals surface area contributed by atoms with Gasteiger partial charge in [-0.1, -0.05) is 18.6 Å². The van der Waals surface area contributed by atoms with Gasteiger partial charge in [-0.2, -0.15) is 0 Å². The summed E-state index contributed by atoms with van der Waals surface area (Å²) in [5.41, 5.74) is -0.954. The highest BCUT2D eigenvalue weighted by molar-refractivity contribution is 7.90. The number of fused-ring (bicyclic) bond motifs is 1. The second-order valence-electron chi connectivity index (χ2n) is 9.58. The first-order chi connectivity index (χ1) is 14.9. The average molecular weight is 470 g/mol. The van der Waals surface area contributed by atoms with Gasteiger partial charge in [0.15, 0.2) is 0 Å². The highest BCUT2D eigenvalue weighted by Crippen LogP contribution is 2.45. The normalized spacial score (nSPS) is 29.5. The molecule has 0 aromatic rings. The van der Waals surface area contributed by atoms with Crippen molar-refractivity contribution >= 4 is 15.9 Å². The molecular weight excluding hydrogens is 430 g/mol. The molecule has 0 aromatic heterocycles. The fourth-order valence-electron chi connectivity index (χ4n) is 4.46. The maximum absolute atomic E-state index is 11.8. The van der Waals surface area contributed by atoms with Crippen LogP contribution >= 0.6 is 0 Å². The number of amides is 1. The second-order valence-corrected chi connectivity index (χ2v) is 11.8. The molecule has 1 unspecified atom stereocenters. The number of rotatable bonds is 11. The van der Waals surface area contributed by atoms with Crippen molar-refractivity contribution in [1.82, 2.24) is 4.72 Å². The molecule has 1 saturated carbocycles. The van der Waals surface area contributed by atoms with Gasteiger partial charge in [-0.15, -0.1) is 11.8 Å². The summed E-state index contributed by atoms with van der Waals surface area (Å²) in [7, 11) is -3.57. The van der Waals surface area contributed by atoms with Crippen molar-refractivity contribution < 1.29 is 28.2 Å². The summed E-state index contributed by atoms with van der Waals surface area (Å²) in [6.07, 6.45) is 8.31. The summed E-state index contributed by atoms with van der Waals surface area (Å²) in [6.45, 7) is 6.61. The lowest BCUT2D eigenvalue weighted by atomic mass is 9.87. The summed E-state index contributed by atoms with van der Waals surface area (Å²) < 4.78 is 31.7. The van der Waals surface area contributed by atoms with Gasteiger partial charge in [-0.25, -0.2) is 8.42 Å². The molecule has 1 saturated heterocycles. The maximum Gasteiger partial charge on any atom is 0.237 e. The topological polar surface area (TPSA) is 113 Å². The zero-order chi connectivity index (χ0) is 23.9. The largest absolute Gasteiger partial charge is 0.392 e. The van der Waals surface area contributed by atoms with E-state index < -0.39 is 32.9 Å². The Balaban J connectivity index is 1.77. The third-order valence-corrected chi connectivity index (χ3v) is 8.21. The van der Waals surface area contributed by atoms with Crippen molar-refractivity contribution in [1.29, 1.82) is 0 Å². The molecule has 1 aliphatic heterocycles. The number of ether oxygens (including phenoxy) is 1. The van der Waals surface area contributed by atoms with E-state index in [0.29, 0.717) is 25.7 Å². The SMILES string of the molecule is CC#CCCC(C)(O)/C=C/[C@@H]1[C@H]2C[C@@H](CCCCC(=O)NS(=O)(=O)C(C)C)O[C@H]2C[C@H]1O. The van der Waals surface area contributed by atoms with Crippen LogP contribution in [-0.2, 0) is 19.6 Å². The van der Waals surface area contributed by atoms with Gasteiger partial charge < -0.3 is 14.9 Å². The predicted molar refractivity (Wildman–Crippen MR) is 124 cm³/mol. The highest BCUT2D eigenvalue weighted by Gasteiger charge is 2.47. The summed E-state index contributed by atoms with van der Waals surface area (Å²) in [5, 5.41) is 20.4. The summed E-state index contributed by atoms with van der Waals surface area (Å²) in [4.78, 5) is 11.8. The second kappa shape index (κ2) is 11.6. The molecule has 1 heterocycles. The van der Waals surface area contributed by atoms with E-state index in [0.717, 1.165) is 19.3 Å². The molecule has 0 spiro atoms. The molecule has 182 valence electrons. The Morgan fingerprint density at radius 3 is 2.69 bits per heavy atom. The Morgan fingerprint density at radius 2 is 2.03 bits per heavy atom. The van der Waals surface area contributed by atoms with E-state index in [2.05, 4.69) is 16.6 Å². The first-order valence-corrected chi connectivity index (χ1v) is 13.2. The molecule has 8 heteroatoms. The number of hydrogen-bond donors (Lipinski definition) is 3. The summed E-state index contributed by atoms with van der Waals surface area (Å²) >= 11 is 0. The van der Waals surface area contributed by atoms with Gasteiger partial charge in [0.25, 0.3) is 0 Å². The number of aliphatic hydroxyl groups excluding tert-OH is 1. The van der Waals surface area contributed by atoms with Crippen molar-refractivity contribution in [3.63, 3.8) is 0 Å². The minimum absolute atomic E-state index is 0.0139. The molecule has 2 fully saturated rings. The lowest BCUT2D eigenvalue weighted by molar-refractivity contribution is -0.119. The van der Waals surface area contributed by atoms with Gasteiger partial charge >= 0.3 is 0 Å². The fourth-order valence-corrected chi connectivity index (χ4v) is 5.11. The van der Waals surface area contributed by atoms with Gasteiger partial charge in [0.05, 0.1) is 29.2 Å². The lowest BCUT2D eigenvalue weighted by Crippen LogP contribution is -2.35.